The van der Waals surface area contributed by atoms with Crippen molar-refractivity contribution in [2.75, 3.05) is 6.61 Å². The van der Waals surface area contributed by atoms with Crippen LogP contribution in [0, 0.1) is 6.92 Å². The van der Waals surface area contributed by atoms with Crippen molar-refractivity contribution in [3.05, 3.63) is 33.1 Å². The van der Waals surface area contributed by atoms with Crippen LogP contribution in [0.25, 0.3) is 11.0 Å². The van der Waals surface area contributed by atoms with Crippen molar-refractivity contribution in [3.63, 3.8) is 0 Å². The van der Waals surface area contributed by atoms with E-state index in [1.165, 1.54) is 6.92 Å². The Balaban J connectivity index is 2.37. The Morgan fingerprint density at radius 1 is 1.42 bits per heavy atom. The zero-order valence-corrected chi connectivity index (χ0v) is 11.1. The van der Waals surface area contributed by atoms with E-state index in [4.69, 9.17) is 25.5 Å². The van der Waals surface area contributed by atoms with Crippen LogP contribution in [-0.2, 0) is 0 Å². The zero-order chi connectivity index (χ0) is 13.8. The maximum Gasteiger partial charge on any atom is 0.355 e. The van der Waals surface area contributed by atoms with Crippen molar-refractivity contribution in [3.8, 4) is 11.5 Å². The van der Waals surface area contributed by atoms with Gasteiger partial charge < -0.3 is 19.0 Å². The first-order valence-corrected chi connectivity index (χ1v) is 6.07. The SMILES string of the molecule is Cc1c(Cl)c(=O)oc2c3c(ccc12)OCC(C)(O)O3. The van der Waals surface area contributed by atoms with Crippen molar-refractivity contribution in [2.45, 2.75) is 19.6 Å². The van der Waals surface area contributed by atoms with Crippen LogP contribution < -0.4 is 15.1 Å². The third kappa shape index (κ3) is 1.86. The highest BCUT2D eigenvalue weighted by atomic mass is 35.5. The lowest BCUT2D eigenvalue weighted by Gasteiger charge is -2.31. The Kier molecular flexibility index (Phi) is 2.52. The van der Waals surface area contributed by atoms with E-state index in [1.807, 2.05) is 0 Å². The molecule has 1 aliphatic heterocycles. The van der Waals surface area contributed by atoms with Gasteiger partial charge in [0, 0.05) is 12.3 Å². The third-order valence-electron chi connectivity index (χ3n) is 3.00. The Bertz CT molecular complexity index is 732. The fourth-order valence-electron chi connectivity index (χ4n) is 2.02. The smallest absolute Gasteiger partial charge is 0.355 e. The molecule has 6 heteroatoms. The summed E-state index contributed by atoms with van der Waals surface area (Å²) in [6, 6.07) is 3.43. The van der Waals surface area contributed by atoms with E-state index < -0.39 is 11.4 Å². The van der Waals surface area contributed by atoms with Gasteiger partial charge in [-0.1, -0.05) is 11.6 Å². The lowest BCUT2D eigenvalue weighted by molar-refractivity contribution is -0.159. The second-order valence-corrected chi connectivity index (χ2v) is 5.04. The molecule has 100 valence electrons. The van der Waals surface area contributed by atoms with E-state index in [0.29, 0.717) is 16.7 Å². The molecule has 5 nitrogen and oxygen atoms in total. The van der Waals surface area contributed by atoms with Gasteiger partial charge in [-0.3, -0.25) is 0 Å². The summed E-state index contributed by atoms with van der Waals surface area (Å²) in [5.74, 6) is -0.831. The maximum absolute atomic E-state index is 11.6. The molecular weight excluding hydrogens is 272 g/mol. The van der Waals surface area contributed by atoms with Gasteiger partial charge in [-0.2, -0.15) is 0 Å². The number of aliphatic hydroxyl groups is 1. The molecule has 3 rings (SSSR count). The molecule has 0 saturated heterocycles. The lowest BCUT2D eigenvalue weighted by Crippen LogP contribution is -2.41. The largest absolute Gasteiger partial charge is 0.483 e. The van der Waals surface area contributed by atoms with Crippen LogP contribution in [0.3, 0.4) is 0 Å². The highest BCUT2D eigenvalue weighted by Crippen LogP contribution is 2.41. The van der Waals surface area contributed by atoms with Crippen LogP contribution in [-0.4, -0.2) is 17.5 Å². The second-order valence-electron chi connectivity index (χ2n) is 4.66. The number of halogens is 1. The average Bonchev–Trinajstić information content (AvgIpc) is 2.35. The summed E-state index contributed by atoms with van der Waals surface area (Å²) in [6.07, 6.45) is 0. The van der Waals surface area contributed by atoms with E-state index in [2.05, 4.69) is 0 Å². The minimum atomic E-state index is -1.46. The van der Waals surface area contributed by atoms with E-state index in [-0.39, 0.29) is 23.0 Å². The van der Waals surface area contributed by atoms with Crippen LogP contribution in [0.1, 0.15) is 12.5 Å². The first-order valence-electron chi connectivity index (χ1n) is 5.69. The minimum Gasteiger partial charge on any atom is -0.483 e. The number of ether oxygens (including phenoxy) is 2. The monoisotopic (exact) mass is 282 g/mol. The van der Waals surface area contributed by atoms with Gasteiger partial charge in [0.2, 0.25) is 11.5 Å². The Hall–Kier alpha value is -1.72. The van der Waals surface area contributed by atoms with Gasteiger partial charge in [-0.25, -0.2) is 4.79 Å². The van der Waals surface area contributed by atoms with Crippen LogP contribution >= 0.6 is 11.6 Å². The molecule has 1 atom stereocenters. The third-order valence-corrected chi connectivity index (χ3v) is 3.44. The molecule has 1 N–H and O–H groups in total. The van der Waals surface area contributed by atoms with Gasteiger partial charge in [0.25, 0.3) is 0 Å². The molecule has 0 radical (unpaired) electrons. The number of benzene rings is 1. The van der Waals surface area contributed by atoms with E-state index >= 15 is 0 Å². The molecule has 1 aromatic carbocycles. The molecule has 2 aromatic rings. The molecule has 1 unspecified atom stereocenters. The maximum atomic E-state index is 11.6. The standard InChI is InChI=1S/C13H11ClO5/c1-6-7-3-4-8-11(19-13(2,16)5-17-8)10(7)18-12(15)9(6)14/h3-4,16H,5H2,1-2H3. The van der Waals surface area contributed by atoms with Crippen molar-refractivity contribution < 1.29 is 19.0 Å². The fraction of sp³-hybridized carbons (Fsp3) is 0.308. The molecule has 2 heterocycles. The summed E-state index contributed by atoms with van der Waals surface area (Å²) in [5, 5.41) is 10.6. The zero-order valence-electron chi connectivity index (χ0n) is 10.3. The quantitative estimate of drug-likeness (QED) is 0.751. The minimum absolute atomic E-state index is 0.00229. The van der Waals surface area contributed by atoms with Gasteiger partial charge in [0.05, 0.1) is 0 Å². The number of aryl methyl sites for hydroxylation is 1. The predicted molar refractivity (Wildman–Crippen MR) is 69.0 cm³/mol. The molecule has 0 spiro atoms. The molecular formula is C13H11ClO5. The normalized spacial score (nSPS) is 21.7. The Morgan fingerprint density at radius 3 is 2.89 bits per heavy atom. The number of rotatable bonds is 0. The average molecular weight is 283 g/mol. The van der Waals surface area contributed by atoms with E-state index in [9.17, 15) is 9.90 Å². The molecule has 19 heavy (non-hydrogen) atoms. The molecule has 0 amide bonds. The summed E-state index contributed by atoms with van der Waals surface area (Å²) in [4.78, 5) is 11.6. The highest BCUT2D eigenvalue weighted by Gasteiger charge is 2.33. The number of hydrogen-bond donors (Lipinski definition) is 1. The van der Waals surface area contributed by atoms with Crippen LogP contribution in [0.5, 0.6) is 11.5 Å². The van der Waals surface area contributed by atoms with Gasteiger partial charge in [-0.15, -0.1) is 0 Å². The van der Waals surface area contributed by atoms with Gasteiger partial charge in [-0.05, 0) is 24.6 Å². The van der Waals surface area contributed by atoms with Crippen molar-refractivity contribution >= 4 is 22.6 Å². The second kappa shape index (κ2) is 3.88. The fourth-order valence-corrected chi connectivity index (χ4v) is 2.16. The van der Waals surface area contributed by atoms with Gasteiger partial charge in [0.1, 0.15) is 5.02 Å². The Morgan fingerprint density at radius 2 is 2.16 bits per heavy atom. The molecule has 1 aromatic heterocycles. The van der Waals surface area contributed by atoms with Crippen LogP contribution in [0.4, 0.5) is 0 Å². The van der Waals surface area contributed by atoms with Crippen molar-refractivity contribution in [1.82, 2.24) is 0 Å². The summed E-state index contributed by atoms with van der Waals surface area (Å²) in [6.45, 7) is 3.19. The molecule has 0 bridgehead atoms. The number of fused-ring (bicyclic) bond motifs is 3. The first kappa shape index (κ1) is 12.3. The van der Waals surface area contributed by atoms with E-state index in [0.717, 1.165) is 0 Å². The predicted octanol–water partition coefficient (Wildman–Crippen LogP) is 2.23. The summed E-state index contributed by atoms with van der Waals surface area (Å²) in [5.41, 5.74) is 0.183. The van der Waals surface area contributed by atoms with Gasteiger partial charge in [0.15, 0.2) is 17.9 Å². The molecule has 0 saturated carbocycles. The molecule has 1 aliphatic rings. The van der Waals surface area contributed by atoms with Crippen LogP contribution in [0.15, 0.2) is 21.3 Å². The summed E-state index contributed by atoms with van der Waals surface area (Å²) >= 11 is 5.87. The van der Waals surface area contributed by atoms with Crippen molar-refractivity contribution in [1.29, 1.82) is 0 Å². The van der Waals surface area contributed by atoms with Gasteiger partial charge >= 0.3 is 5.63 Å². The van der Waals surface area contributed by atoms with Crippen LogP contribution in [0.2, 0.25) is 5.02 Å². The highest BCUT2D eigenvalue weighted by molar-refractivity contribution is 6.31. The molecule has 0 fully saturated rings. The number of hydrogen-bond acceptors (Lipinski definition) is 5. The van der Waals surface area contributed by atoms with Crippen molar-refractivity contribution in [2.24, 2.45) is 0 Å². The Labute approximate surface area is 113 Å². The topological polar surface area (TPSA) is 68.9 Å². The summed E-state index contributed by atoms with van der Waals surface area (Å²) < 4.78 is 16.0. The molecule has 0 aliphatic carbocycles. The van der Waals surface area contributed by atoms with E-state index in [1.54, 1.807) is 19.1 Å². The lowest BCUT2D eigenvalue weighted by atomic mass is 10.1. The first-order chi connectivity index (χ1) is 8.89. The summed E-state index contributed by atoms with van der Waals surface area (Å²) in [7, 11) is 0.